The van der Waals surface area contributed by atoms with Crippen molar-refractivity contribution >= 4 is 11.7 Å². The number of nitro groups is 1. The van der Waals surface area contributed by atoms with Crippen LogP contribution in [-0.2, 0) is 11.3 Å². The van der Waals surface area contributed by atoms with Crippen LogP contribution in [0.5, 0.6) is 34.6 Å². The van der Waals surface area contributed by atoms with E-state index in [4.69, 9.17) is 18.9 Å². The quantitative estimate of drug-likeness (QED) is 0.0673. The van der Waals surface area contributed by atoms with Crippen molar-refractivity contribution in [2.75, 3.05) is 0 Å². The van der Waals surface area contributed by atoms with Crippen molar-refractivity contribution in [2.24, 2.45) is 0 Å². The van der Waals surface area contributed by atoms with Gasteiger partial charge in [0.2, 0.25) is 23.1 Å². The van der Waals surface area contributed by atoms with Gasteiger partial charge in [0.15, 0.2) is 0 Å². The zero-order valence-electron chi connectivity index (χ0n) is 21.9. The summed E-state index contributed by atoms with van der Waals surface area (Å²) >= 11 is 0. The zero-order valence-corrected chi connectivity index (χ0v) is 21.9. The molecule has 0 aliphatic rings. The van der Waals surface area contributed by atoms with Gasteiger partial charge in [-0.1, -0.05) is 56.0 Å². The van der Waals surface area contributed by atoms with Crippen LogP contribution in [0, 0.1) is 27.7 Å². The fraction of sp³-hybridized carbons (Fsp3) is 0.0625. The van der Waals surface area contributed by atoms with E-state index < -0.39 is 45.8 Å². The lowest BCUT2D eigenvalue weighted by atomic mass is 10.2. The minimum absolute atomic E-state index is 0. The second kappa shape index (κ2) is 13.8. The molecule has 9 nitrogen and oxygen atoms in total. The number of ether oxygens (including phenoxy) is 4. The fourth-order valence-electron chi connectivity index (χ4n) is 3.73. The average Bonchev–Trinajstić information content (AvgIpc) is 3.02. The number of pyridine rings is 1. The molecule has 0 atom stereocenters. The zero-order chi connectivity index (χ0) is 30.3. The number of carbonyl (C=O) groups is 1. The fourth-order valence-corrected chi connectivity index (χ4v) is 3.73. The van der Waals surface area contributed by atoms with Gasteiger partial charge in [-0.2, -0.15) is 18.2 Å². The summed E-state index contributed by atoms with van der Waals surface area (Å²) in [5.74, 6) is -8.17. The summed E-state index contributed by atoms with van der Waals surface area (Å²) in [6.07, 6.45) is 0. The van der Waals surface area contributed by atoms with Crippen molar-refractivity contribution in [2.45, 2.75) is 14.0 Å². The molecule has 0 spiro atoms. The van der Waals surface area contributed by atoms with Gasteiger partial charge in [0, 0.05) is 12.1 Å². The third-order valence-electron chi connectivity index (χ3n) is 5.80. The van der Waals surface area contributed by atoms with Gasteiger partial charge in [-0.05, 0) is 48.0 Å². The summed E-state index contributed by atoms with van der Waals surface area (Å²) in [5.41, 5.74) is 0.509. The molecule has 4 aromatic carbocycles. The second-order valence-corrected chi connectivity index (χ2v) is 8.76. The van der Waals surface area contributed by atoms with Crippen LogP contribution in [0.3, 0.4) is 0 Å². The summed E-state index contributed by atoms with van der Waals surface area (Å²) in [6.45, 7) is 0.0549. The molecule has 5 rings (SSSR count). The first kappa shape index (κ1) is 31.0. The van der Waals surface area contributed by atoms with Crippen LogP contribution >= 0.6 is 0 Å². The van der Waals surface area contributed by atoms with E-state index >= 15 is 4.39 Å². The molecule has 0 bridgehead atoms. The lowest BCUT2D eigenvalue weighted by Crippen LogP contribution is -2.05. The van der Waals surface area contributed by atoms with E-state index in [2.05, 4.69) is 4.98 Å². The standard InChI is InChI=1S/C31H19F3N2O7.CH4/c32-26-28(42-23-15-16-24(36(38)39)25(17-23)41-21-9-5-2-6-10-21)27(33)30(35-29(26)34)43-22-13-11-20(12-14-22)31(37)40-18-19-7-3-1-4-8-19;/h1-17H,18H2;1H4. The highest BCUT2D eigenvalue weighted by Crippen LogP contribution is 2.39. The average molecular weight is 605 g/mol. The summed E-state index contributed by atoms with van der Waals surface area (Å²) in [6, 6.07) is 25.4. The Morgan fingerprint density at radius 1 is 0.750 bits per heavy atom. The molecule has 1 heterocycles. The van der Waals surface area contributed by atoms with Crippen LogP contribution in [0.15, 0.2) is 103 Å². The Hall–Kier alpha value is -5.91. The minimum atomic E-state index is -1.76. The Bertz CT molecular complexity index is 1770. The topological polar surface area (TPSA) is 110 Å². The van der Waals surface area contributed by atoms with Crippen LogP contribution in [0.2, 0.25) is 0 Å². The first-order valence-corrected chi connectivity index (χ1v) is 12.5. The molecule has 0 N–H and O–H groups in total. The van der Waals surface area contributed by atoms with Crippen LogP contribution in [-0.4, -0.2) is 15.9 Å². The summed E-state index contributed by atoms with van der Waals surface area (Å²) in [7, 11) is 0. The monoisotopic (exact) mass is 604 g/mol. The minimum Gasteiger partial charge on any atom is -0.457 e. The van der Waals surface area contributed by atoms with Crippen LogP contribution in [0.25, 0.3) is 0 Å². The Kier molecular flexibility index (Phi) is 9.76. The van der Waals surface area contributed by atoms with Crippen molar-refractivity contribution < 1.29 is 41.8 Å². The number of hydrogen-bond donors (Lipinski definition) is 0. The van der Waals surface area contributed by atoms with Gasteiger partial charge >= 0.3 is 11.7 Å². The SMILES string of the molecule is C.O=C(OCc1ccccc1)c1ccc(Oc2nc(F)c(F)c(Oc3ccc([N+](=O)[O-])c(Oc4ccccc4)c3)c2F)cc1. The molecule has 224 valence electrons. The van der Waals surface area contributed by atoms with E-state index in [-0.39, 0.29) is 42.6 Å². The van der Waals surface area contributed by atoms with E-state index in [0.717, 1.165) is 23.8 Å². The van der Waals surface area contributed by atoms with E-state index in [0.29, 0.717) is 0 Å². The summed E-state index contributed by atoms with van der Waals surface area (Å²) < 4.78 is 65.6. The molecular formula is C32H23F3N2O7. The van der Waals surface area contributed by atoms with Crippen molar-refractivity contribution in [1.29, 1.82) is 0 Å². The number of carbonyl (C=O) groups excluding carboxylic acids is 1. The molecule has 0 radical (unpaired) electrons. The molecule has 5 aromatic rings. The number of rotatable bonds is 10. The van der Waals surface area contributed by atoms with Crippen LogP contribution < -0.4 is 14.2 Å². The maximum absolute atomic E-state index is 15.3. The Morgan fingerprint density at radius 3 is 2.02 bits per heavy atom. The molecule has 0 aliphatic carbocycles. The normalized spacial score (nSPS) is 10.3. The number of para-hydroxylation sites is 1. The van der Waals surface area contributed by atoms with E-state index in [1.807, 2.05) is 6.07 Å². The van der Waals surface area contributed by atoms with Gasteiger partial charge in [-0.25, -0.2) is 4.79 Å². The number of benzene rings is 4. The van der Waals surface area contributed by atoms with Gasteiger partial charge in [-0.15, -0.1) is 0 Å². The van der Waals surface area contributed by atoms with Gasteiger partial charge in [0.05, 0.1) is 10.5 Å². The largest absolute Gasteiger partial charge is 0.457 e. The molecule has 12 heteroatoms. The molecule has 0 aliphatic heterocycles. The number of esters is 1. The van der Waals surface area contributed by atoms with Crippen molar-refractivity contribution in [1.82, 2.24) is 4.98 Å². The lowest BCUT2D eigenvalue weighted by Gasteiger charge is -2.13. The highest BCUT2D eigenvalue weighted by atomic mass is 19.2. The third-order valence-corrected chi connectivity index (χ3v) is 5.80. The molecule has 44 heavy (non-hydrogen) atoms. The van der Waals surface area contributed by atoms with Gasteiger partial charge in [0.25, 0.3) is 11.8 Å². The highest BCUT2D eigenvalue weighted by molar-refractivity contribution is 5.89. The Balaban J connectivity index is 0.00000442. The highest BCUT2D eigenvalue weighted by Gasteiger charge is 2.26. The van der Waals surface area contributed by atoms with Crippen LogP contribution in [0.4, 0.5) is 18.9 Å². The predicted molar refractivity (Wildman–Crippen MR) is 153 cm³/mol. The smallest absolute Gasteiger partial charge is 0.338 e. The number of nitro benzene ring substituents is 1. The first-order valence-electron chi connectivity index (χ1n) is 12.5. The van der Waals surface area contributed by atoms with Gasteiger partial charge < -0.3 is 18.9 Å². The molecule has 1 aromatic heterocycles. The maximum Gasteiger partial charge on any atom is 0.338 e. The maximum atomic E-state index is 15.3. The predicted octanol–water partition coefficient (Wildman–Crippen LogP) is 8.78. The van der Waals surface area contributed by atoms with Crippen molar-refractivity contribution in [3.8, 4) is 34.6 Å². The van der Waals surface area contributed by atoms with E-state index in [1.165, 1.54) is 24.3 Å². The molecular weight excluding hydrogens is 581 g/mol. The number of aromatic nitrogens is 1. The van der Waals surface area contributed by atoms with E-state index in [1.54, 1.807) is 54.6 Å². The van der Waals surface area contributed by atoms with Crippen LogP contribution in [0.1, 0.15) is 23.3 Å². The molecule has 0 unspecified atom stereocenters. The number of hydrogen-bond acceptors (Lipinski definition) is 8. The first-order chi connectivity index (χ1) is 20.8. The summed E-state index contributed by atoms with van der Waals surface area (Å²) in [5, 5.41) is 11.5. The van der Waals surface area contributed by atoms with Gasteiger partial charge in [-0.3, -0.25) is 10.1 Å². The van der Waals surface area contributed by atoms with Crippen molar-refractivity contribution in [3.63, 3.8) is 0 Å². The third kappa shape index (κ3) is 7.29. The number of nitrogens with zero attached hydrogens (tertiary/aromatic N) is 2. The van der Waals surface area contributed by atoms with Crippen molar-refractivity contribution in [3.05, 3.63) is 142 Å². The van der Waals surface area contributed by atoms with E-state index in [9.17, 15) is 23.7 Å². The Labute approximate surface area is 249 Å². The summed E-state index contributed by atoms with van der Waals surface area (Å²) in [4.78, 5) is 26.3. The molecule has 0 fully saturated rings. The number of halogens is 3. The second-order valence-electron chi connectivity index (χ2n) is 8.76. The molecule has 0 amide bonds. The lowest BCUT2D eigenvalue weighted by molar-refractivity contribution is -0.385. The van der Waals surface area contributed by atoms with Gasteiger partial charge in [0.1, 0.15) is 23.9 Å². The molecule has 0 saturated carbocycles. The Morgan fingerprint density at radius 2 is 1.36 bits per heavy atom. The molecule has 0 saturated heterocycles.